The van der Waals surface area contributed by atoms with Gasteiger partial charge in [0.05, 0.1) is 11.5 Å². The highest BCUT2D eigenvalue weighted by atomic mass is 16.6. The number of aromatic nitrogens is 1. The molecule has 0 aliphatic heterocycles. The summed E-state index contributed by atoms with van der Waals surface area (Å²) in [5, 5.41) is 14.6. The highest BCUT2D eigenvalue weighted by molar-refractivity contribution is 5.98. The molecule has 0 bridgehead atoms. The van der Waals surface area contributed by atoms with Crippen molar-refractivity contribution in [2.75, 3.05) is 13.2 Å². The van der Waals surface area contributed by atoms with Crippen molar-refractivity contribution in [3.05, 3.63) is 76.5 Å². The molecule has 132 valence electrons. The number of ether oxygens (including phenoxy) is 1. The Morgan fingerprint density at radius 2 is 1.92 bits per heavy atom. The minimum Gasteiger partial charge on any atom is -0.491 e. The third-order valence-electron chi connectivity index (χ3n) is 3.81. The van der Waals surface area contributed by atoms with Gasteiger partial charge in [0, 0.05) is 24.2 Å². The lowest BCUT2D eigenvalue weighted by Crippen LogP contribution is -2.26. The van der Waals surface area contributed by atoms with E-state index in [4.69, 9.17) is 4.74 Å². The second kappa shape index (κ2) is 8.06. The Hall–Kier alpha value is -3.48. The van der Waals surface area contributed by atoms with Crippen LogP contribution in [0.15, 0.2) is 60.8 Å². The fourth-order valence-electron chi connectivity index (χ4n) is 2.57. The third-order valence-corrected chi connectivity index (χ3v) is 3.81. The van der Waals surface area contributed by atoms with Crippen LogP contribution in [0.25, 0.3) is 10.9 Å². The maximum Gasteiger partial charge on any atom is 0.282 e. The summed E-state index contributed by atoms with van der Waals surface area (Å²) in [6.45, 7) is 0.746. The van der Waals surface area contributed by atoms with Crippen LogP contribution in [0.1, 0.15) is 16.8 Å². The van der Waals surface area contributed by atoms with Crippen molar-refractivity contribution in [1.29, 1.82) is 0 Å². The SMILES string of the molecule is O=C(NCCCOc1cccc2cccnc12)c1ccccc1[N+](=O)[O-]. The summed E-state index contributed by atoms with van der Waals surface area (Å²) in [5.41, 5.74) is 0.638. The van der Waals surface area contributed by atoms with Crippen molar-refractivity contribution in [2.24, 2.45) is 0 Å². The second-order valence-corrected chi connectivity index (χ2v) is 5.56. The summed E-state index contributed by atoms with van der Waals surface area (Å²) in [6.07, 6.45) is 2.28. The van der Waals surface area contributed by atoms with Crippen LogP contribution in [0, 0.1) is 10.1 Å². The molecule has 1 aromatic heterocycles. The van der Waals surface area contributed by atoms with Crippen LogP contribution < -0.4 is 10.1 Å². The van der Waals surface area contributed by atoms with E-state index in [0.29, 0.717) is 25.3 Å². The number of pyridine rings is 1. The first-order valence-electron chi connectivity index (χ1n) is 8.15. The third kappa shape index (κ3) is 3.94. The highest BCUT2D eigenvalue weighted by Crippen LogP contribution is 2.23. The van der Waals surface area contributed by atoms with E-state index >= 15 is 0 Å². The Morgan fingerprint density at radius 1 is 1.12 bits per heavy atom. The lowest BCUT2D eigenvalue weighted by atomic mass is 10.1. The molecule has 0 aliphatic carbocycles. The highest BCUT2D eigenvalue weighted by Gasteiger charge is 2.18. The molecule has 0 radical (unpaired) electrons. The number of hydrogen-bond acceptors (Lipinski definition) is 5. The lowest BCUT2D eigenvalue weighted by molar-refractivity contribution is -0.385. The average Bonchev–Trinajstić information content (AvgIpc) is 2.67. The molecule has 7 nitrogen and oxygen atoms in total. The minimum absolute atomic E-state index is 0.0525. The predicted octanol–water partition coefficient (Wildman–Crippen LogP) is 3.34. The zero-order chi connectivity index (χ0) is 18.4. The molecule has 7 heteroatoms. The molecular weight excluding hydrogens is 334 g/mol. The van der Waals surface area contributed by atoms with Gasteiger partial charge in [0.15, 0.2) is 0 Å². The topological polar surface area (TPSA) is 94.4 Å². The molecule has 0 saturated carbocycles. The zero-order valence-electron chi connectivity index (χ0n) is 13.9. The normalized spacial score (nSPS) is 10.5. The molecule has 0 spiro atoms. The predicted molar refractivity (Wildman–Crippen MR) is 97.3 cm³/mol. The number of carbonyl (C=O) groups is 1. The number of hydrogen-bond donors (Lipinski definition) is 1. The van der Waals surface area contributed by atoms with Crippen molar-refractivity contribution < 1.29 is 14.5 Å². The van der Waals surface area contributed by atoms with Crippen LogP contribution in [-0.4, -0.2) is 29.0 Å². The number of nitrogens with zero attached hydrogens (tertiary/aromatic N) is 2. The van der Waals surface area contributed by atoms with Crippen molar-refractivity contribution in [2.45, 2.75) is 6.42 Å². The van der Waals surface area contributed by atoms with E-state index in [1.54, 1.807) is 12.3 Å². The monoisotopic (exact) mass is 351 g/mol. The first-order chi connectivity index (χ1) is 12.7. The molecule has 2 aromatic carbocycles. The Balaban J connectivity index is 1.52. The van der Waals surface area contributed by atoms with Gasteiger partial charge < -0.3 is 10.1 Å². The van der Waals surface area contributed by atoms with E-state index < -0.39 is 10.8 Å². The van der Waals surface area contributed by atoms with Gasteiger partial charge in [0.2, 0.25) is 0 Å². The molecular formula is C19H17N3O4. The van der Waals surface area contributed by atoms with Crippen molar-refractivity contribution in [3.8, 4) is 5.75 Å². The molecule has 0 aliphatic rings. The van der Waals surface area contributed by atoms with Gasteiger partial charge >= 0.3 is 0 Å². The van der Waals surface area contributed by atoms with Gasteiger partial charge in [-0.3, -0.25) is 19.9 Å². The Morgan fingerprint density at radius 3 is 2.77 bits per heavy atom. The van der Waals surface area contributed by atoms with E-state index in [2.05, 4.69) is 10.3 Å². The quantitative estimate of drug-likeness (QED) is 0.400. The van der Waals surface area contributed by atoms with Crippen LogP contribution >= 0.6 is 0 Å². The summed E-state index contributed by atoms with van der Waals surface area (Å²) < 4.78 is 5.75. The lowest BCUT2D eigenvalue weighted by Gasteiger charge is -2.09. The summed E-state index contributed by atoms with van der Waals surface area (Å²) in [7, 11) is 0. The minimum atomic E-state index is -0.564. The Labute approximate surface area is 149 Å². The number of nitrogens with one attached hydrogen (secondary N) is 1. The zero-order valence-corrected chi connectivity index (χ0v) is 13.9. The van der Waals surface area contributed by atoms with E-state index in [1.807, 2.05) is 30.3 Å². The van der Waals surface area contributed by atoms with Gasteiger partial charge in [-0.15, -0.1) is 0 Å². The number of amides is 1. The number of nitro groups is 1. The van der Waals surface area contributed by atoms with Gasteiger partial charge in [0.25, 0.3) is 11.6 Å². The smallest absolute Gasteiger partial charge is 0.282 e. The Bertz CT molecular complexity index is 937. The van der Waals surface area contributed by atoms with Crippen LogP contribution in [0.5, 0.6) is 5.75 Å². The van der Waals surface area contributed by atoms with Crippen molar-refractivity contribution in [1.82, 2.24) is 10.3 Å². The van der Waals surface area contributed by atoms with Crippen LogP contribution in [0.2, 0.25) is 0 Å². The fraction of sp³-hybridized carbons (Fsp3) is 0.158. The number of fused-ring (bicyclic) bond motifs is 1. The molecule has 1 N–H and O–H groups in total. The largest absolute Gasteiger partial charge is 0.491 e. The van der Waals surface area contributed by atoms with E-state index in [0.717, 1.165) is 10.9 Å². The van der Waals surface area contributed by atoms with Gasteiger partial charge in [-0.2, -0.15) is 0 Å². The molecule has 0 atom stereocenters. The summed E-state index contributed by atoms with van der Waals surface area (Å²) in [6, 6.07) is 15.4. The van der Waals surface area contributed by atoms with Crippen LogP contribution in [0.3, 0.4) is 0 Å². The van der Waals surface area contributed by atoms with Gasteiger partial charge in [-0.25, -0.2) is 0 Å². The number of benzene rings is 2. The summed E-state index contributed by atoms with van der Waals surface area (Å²) in [4.78, 5) is 26.8. The second-order valence-electron chi connectivity index (χ2n) is 5.56. The van der Waals surface area contributed by atoms with Gasteiger partial charge in [-0.1, -0.05) is 30.3 Å². The summed E-state index contributed by atoms with van der Waals surface area (Å²) >= 11 is 0. The maximum atomic E-state index is 12.1. The molecule has 1 heterocycles. The number of rotatable bonds is 7. The first-order valence-corrected chi connectivity index (χ1v) is 8.15. The number of nitro benzene ring substituents is 1. The molecule has 0 saturated heterocycles. The van der Waals surface area contributed by atoms with Crippen molar-refractivity contribution in [3.63, 3.8) is 0 Å². The van der Waals surface area contributed by atoms with Crippen LogP contribution in [-0.2, 0) is 0 Å². The average molecular weight is 351 g/mol. The van der Waals surface area contributed by atoms with E-state index in [9.17, 15) is 14.9 Å². The molecule has 3 aromatic rings. The Kier molecular flexibility index (Phi) is 5.38. The van der Waals surface area contributed by atoms with E-state index in [1.165, 1.54) is 18.2 Å². The number of carbonyl (C=O) groups excluding carboxylic acids is 1. The molecule has 3 rings (SSSR count). The molecule has 0 fully saturated rings. The van der Waals surface area contributed by atoms with Gasteiger partial charge in [0.1, 0.15) is 16.8 Å². The van der Waals surface area contributed by atoms with Crippen molar-refractivity contribution >= 4 is 22.5 Å². The fourth-order valence-corrected chi connectivity index (χ4v) is 2.57. The van der Waals surface area contributed by atoms with Crippen LogP contribution in [0.4, 0.5) is 5.69 Å². The molecule has 1 amide bonds. The first kappa shape index (κ1) is 17.3. The molecule has 0 unspecified atom stereocenters. The number of para-hydroxylation sites is 2. The van der Waals surface area contributed by atoms with E-state index in [-0.39, 0.29) is 11.3 Å². The standard InChI is InChI=1S/C19H17N3O4/c23-19(15-8-1-2-9-16(15)22(24)25)21-12-5-13-26-17-10-3-6-14-7-4-11-20-18(14)17/h1-4,6-11H,5,12-13H2,(H,21,23). The molecule has 26 heavy (non-hydrogen) atoms. The maximum absolute atomic E-state index is 12.1. The van der Waals surface area contributed by atoms with Gasteiger partial charge in [-0.05, 0) is 24.6 Å². The summed E-state index contributed by atoms with van der Waals surface area (Å²) in [5.74, 6) is 0.220.